The van der Waals surface area contributed by atoms with Gasteiger partial charge in [0.1, 0.15) is 0 Å². The van der Waals surface area contributed by atoms with Crippen molar-refractivity contribution in [3.05, 3.63) is 90.3 Å². The standard InChI is InChI=1S/C21H16F3N3O2S/c22-21(23,24)18-7-3-4-15(10-18)13-27-14-19(12-25-27)26-30(28,29)20-9-8-16-5-1-2-6-17(16)11-20/h1-12,14,26H,13H2. The van der Waals surface area contributed by atoms with Gasteiger partial charge in [0.15, 0.2) is 0 Å². The molecule has 0 amide bonds. The van der Waals surface area contributed by atoms with Crippen LogP contribution >= 0.6 is 0 Å². The maximum absolute atomic E-state index is 12.9. The molecule has 1 aromatic heterocycles. The zero-order valence-electron chi connectivity index (χ0n) is 15.5. The third-order valence-corrected chi connectivity index (χ3v) is 5.89. The fraction of sp³-hybridized carbons (Fsp3) is 0.0952. The van der Waals surface area contributed by atoms with Gasteiger partial charge in [-0.1, -0.05) is 42.5 Å². The molecule has 4 aromatic rings. The molecule has 0 radical (unpaired) electrons. The SMILES string of the molecule is O=S(=O)(Nc1cnn(Cc2cccc(C(F)(F)F)c2)c1)c1ccc2ccccc2c1. The van der Waals surface area contributed by atoms with Gasteiger partial charge >= 0.3 is 6.18 Å². The summed E-state index contributed by atoms with van der Waals surface area (Å²) in [6, 6.07) is 17.1. The minimum atomic E-state index is -4.43. The Kier molecular flexibility index (Phi) is 4.98. The van der Waals surface area contributed by atoms with Crippen molar-refractivity contribution < 1.29 is 21.6 Å². The smallest absolute Gasteiger partial charge is 0.276 e. The molecule has 154 valence electrons. The van der Waals surface area contributed by atoms with Gasteiger partial charge in [0.2, 0.25) is 0 Å². The second kappa shape index (κ2) is 7.49. The number of rotatable bonds is 5. The van der Waals surface area contributed by atoms with E-state index in [-0.39, 0.29) is 17.1 Å². The number of benzene rings is 3. The van der Waals surface area contributed by atoms with E-state index < -0.39 is 21.8 Å². The Labute approximate surface area is 170 Å². The lowest BCUT2D eigenvalue weighted by Crippen LogP contribution is -2.12. The lowest BCUT2D eigenvalue weighted by Gasteiger charge is -2.09. The molecule has 0 saturated carbocycles. The van der Waals surface area contributed by atoms with E-state index in [1.807, 2.05) is 24.3 Å². The van der Waals surface area contributed by atoms with Crippen LogP contribution in [0.2, 0.25) is 0 Å². The minimum Gasteiger partial charge on any atom is -0.276 e. The maximum Gasteiger partial charge on any atom is 0.416 e. The number of halogens is 3. The molecule has 0 aliphatic rings. The molecule has 0 unspecified atom stereocenters. The third kappa shape index (κ3) is 4.30. The zero-order chi connectivity index (χ0) is 21.4. The van der Waals surface area contributed by atoms with Crippen LogP contribution in [-0.4, -0.2) is 18.2 Å². The number of nitrogens with zero attached hydrogens (tertiary/aromatic N) is 2. The average molecular weight is 431 g/mol. The molecule has 0 bridgehead atoms. The number of hydrogen-bond acceptors (Lipinski definition) is 3. The number of aromatic nitrogens is 2. The number of alkyl halides is 3. The van der Waals surface area contributed by atoms with Gasteiger partial charge in [-0.2, -0.15) is 18.3 Å². The number of nitrogens with one attached hydrogen (secondary N) is 1. The fourth-order valence-corrected chi connectivity index (χ4v) is 4.15. The molecule has 0 aliphatic heterocycles. The molecule has 0 spiro atoms. The van der Waals surface area contributed by atoms with E-state index >= 15 is 0 Å². The quantitative estimate of drug-likeness (QED) is 0.489. The highest BCUT2D eigenvalue weighted by Crippen LogP contribution is 2.29. The van der Waals surface area contributed by atoms with E-state index in [4.69, 9.17) is 0 Å². The van der Waals surface area contributed by atoms with Crippen LogP contribution in [0.25, 0.3) is 10.8 Å². The summed E-state index contributed by atoms with van der Waals surface area (Å²) in [5.41, 5.74) is -0.128. The Bertz CT molecular complexity index is 1310. The summed E-state index contributed by atoms with van der Waals surface area (Å²) < 4.78 is 67.8. The number of hydrogen-bond donors (Lipinski definition) is 1. The first-order valence-electron chi connectivity index (χ1n) is 8.91. The first-order chi connectivity index (χ1) is 14.2. The summed E-state index contributed by atoms with van der Waals surface area (Å²) in [6.07, 6.45) is -1.69. The van der Waals surface area contributed by atoms with Crippen molar-refractivity contribution >= 4 is 26.5 Å². The van der Waals surface area contributed by atoms with Crippen LogP contribution in [0.4, 0.5) is 18.9 Å². The predicted octanol–water partition coefficient (Wildman–Crippen LogP) is 4.90. The fourth-order valence-electron chi connectivity index (χ4n) is 3.08. The van der Waals surface area contributed by atoms with Gasteiger partial charge in [-0.15, -0.1) is 0 Å². The molecule has 30 heavy (non-hydrogen) atoms. The van der Waals surface area contributed by atoms with Crippen molar-refractivity contribution in [3.63, 3.8) is 0 Å². The largest absolute Gasteiger partial charge is 0.416 e. The van der Waals surface area contributed by atoms with Crippen LogP contribution in [0, 0.1) is 0 Å². The van der Waals surface area contributed by atoms with E-state index in [0.29, 0.717) is 5.56 Å². The van der Waals surface area contributed by atoms with Crippen LogP contribution in [0.5, 0.6) is 0 Å². The van der Waals surface area contributed by atoms with Crippen molar-refractivity contribution in [1.29, 1.82) is 0 Å². The molecule has 0 atom stereocenters. The van der Waals surface area contributed by atoms with Crippen molar-refractivity contribution in [2.75, 3.05) is 4.72 Å². The Morgan fingerprint density at radius 1 is 0.933 bits per heavy atom. The second-order valence-corrected chi connectivity index (χ2v) is 8.42. The monoisotopic (exact) mass is 431 g/mol. The highest BCUT2D eigenvalue weighted by molar-refractivity contribution is 7.92. The van der Waals surface area contributed by atoms with Crippen molar-refractivity contribution in [2.45, 2.75) is 17.6 Å². The minimum absolute atomic E-state index is 0.0711. The summed E-state index contributed by atoms with van der Waals surface area (Å²) >= 11 is 0. The van der Waals surface area contributed by atoms with Gasteiger partial charge < -0.3 is 0 Å². The number of fused-ring (bicyclic) bond motifs is 1. The van der Waals surface area contributed by atoms with E-state index in [2.05, 4.69) is 9.82 Å². The third-order valence-electron chi connectivity index (χ3n) is 4.52. The van der Waals surface area contributed by atoms with E-state index in [0.717, 1.165) is 22.9 Å². The summed E-state index contributed by atoms with van der Waals surface area (Å²) in [5.74, 6) is 0. The molecule has 0 aliphatic carbocycles. The van der Waals surface area contributed by atoms with Crippen molar-refractivity contribution in [2.24, 2.45) is 0 Å². The Balaban J connectivity index is 1.52. The molecular weight excluding hydrogens is 415 g/mol. The Morgan fingerprint density at radius 3 is 2.47 bits per heavy atom. The van der Waals surface area contributed by atoms with Gasteiger partial charge in [-0.05, 0) is 40.6 Å². The van der Waals surface area contributed by atoms with Crippen LogP contribution in [0.3, 0.4) is 0 Å². The summed E-state index contributed by atoms with van der Waals surface area (Å²) in [5, 5.41) is 5.75. The Morgan fingerprint density at radius 2 is 1.70 bits per heavy atom. The lowest BCUT2D eigenvalue weighted by molar-refractivity contribution is -0.137. The van der Waals surface area contributed by atoms with Gasteiger partial charge in [-0.3, -0.25) is 9.40 Å². The van der Waals surface area contributed by atoms with E-state index in [9.17, 15) is 21.6 Å². The zero-order valence-corrected chi connectivity index (χ0v) is 16.3. The summed E-state index contributed by atoms with van der Waals surface area (Å²) in [4.78, 5) is 0.104. The van der Waals surface area contributed by atoms with Gasteiger partial charge in [0.25, 0.3) is 10.0 Å². The summed E-state index contributed by atoms with van der Waals surface area (Å²) in [6.45, 7) is 0.0711. The van der Waals surface area contributed by atoms with Crippen LogP contribution in [0.1, 0.15) is 11.1 Å². The maximum atomic E-state index is 12.9. The van der Waals surface area contributed by atoms with Crippen LogP contribution in [0.15, 0.2) is 84.0 Å². The van der Waals surface area contributed by atoms with Gasteiger partial charge in [0, 0.05) is 6.20 Å². The molecule has 0 fully saturated rings. The molecule has 0 saturated heterocycles. The second-order valence-electron chi connectivity index (χ2n) is 6.74. The first kappa shape index (κ1) is 20.0. The van der Waals surface area contributed by atoms with Crippen LogP contribution in [-0.2, 0) is 22.7 Å². The summed E-state index contributed by atoms with van der Waals surface area (Å²) in [7, 11) is -3.84. The number of sulfonamides is 1. The number of anilines is 1. The molecule has 1 N–H and O–H groups in total. The molecular formula is C21H16F3N3O2S. The lowest BCUT2D eigenvalue weighted by atomic mass is 10.1. The normalized spacial score (nSPS) is 12.2. The van der Waals surface area contributed by atoms with Crippen molar-refractivity contribution in [1.82, 2.24) is 9.78 Å². The van der Waals surface area contributed by atoms with E-state index in [1.54, 1.807) is 18.2 Å². The molecule has 4 rings (SSSR count). The van der Waals surface area contributed by atoms with Crippen molar-refractivity contribution in [3.8, 4) is 0 Å². The van der Waals surface area contributed by atoms with E-state index in [1.165, 1.54) is 29.2 Å². The predicted molar refractivity (Wildman–Crippen MR) is 108 cm³/mol. The molecule has 5 nitrogen and oxygen atoms in total. The average Bonchev–Trinajstić information content (AvgIpc) is 3.13. The molecule has 3 aromatic carbocycles. The highest BCUT2D eigenvalue weighted by atomic mass is 32.2. The highest BCUT2D eigenvalue weighted by Gasteiger charge is 2.30. The molecule has 9 heteroatoms. The van der Waals surface area contributed by atoms with Gasteiger partial charge in [-0.25, -0.2) is 8.42 Å². The van der Waals surface area contributed by atoms with Crippen LogP contribution < -0.4 is 4.72 Å². The van der Waals surface area contributed by atoms with Gasteiger partial charge in [0.05, 0.1) is 28.9 Å². The molecule has 1 heterocycles. The Hall–Kier alpha value is -3.33. The topological polar surface area (TPSA) is 64.0 Å². The first-order valence-corrected chi connectivity index (χ1v) is 10.4.